The second-order valence-electron chi connectivity index (χ2n) is 2.36. The van der Waals surface area contributed by atoms with E-state index in [-0.39, 0.29) is 6.61 Å². The lowest BCUT2D eigenvalue weighted by Crippen LogP contribution is -2.09. The van der Waals surface area contributed by atoms with Crippen LogP contribution in [0.15, 0.2) is 36.1 Å². The number of halogens is 3. The van der Waals surface area contributed by atoms with Crippen molar-refractivity contribution in [3.63, 3.8) is 0 Å². The maximum absolute atomic E-state index is 11.9. The molecule has 1 aliphatic heterocycles. The molecule has 0 bridgehead atoms. The van der Waals surface area contributed by atoms with Gasteiger partial charge in [-0.2, -0.15) is 13.2 Å². The predicted molar refractivity (Wildman–Crippen MR) is 38.4 cm³/mol. The van der Waals surface area contributed by atoms with E-state index in [0.29, 0.717) is 5.57 Å². The van der Waals surface area contributed by atoms with E-state index in [1.54, 1.807) is 0 Å². The van der Waals surface area contributed by atoms with Gasteiger partial charge >= 0.3 is 6.18 Å². The van der Waals surface area contributed by atoms with E-state index in [1.165, 1.54) is 12.3 Å². The van der Waals surface area contributed by atoms with Crippen molar-refractivity contribution in [1.82, 2.24) is 0 Å². The van der Waals surface area contributed by atoms with Crippen molar-refractivity contribution in [3.8, 4) is 0 Å². The molecule has 0 aromatic heterocycles. The average Bonchev–Trinajstić information content (AvgIpc) is 2.37. The zero-order chi connectivity index (χ0) is 9.19. The molecule has 0 aromatic carbocycles. The monoisotopic (exact) mass is 176 g/mol. The Hall–Kier alpha value is -1.19. The van der Waals surface area contributed by atoms with Crippen LogP contribution in [0.5, 0.6) is 0 Å². The first-order chi connectivity index (χ1) is 5.50. The molecular weight excluding hydrogens is 169 g/mol. The molecule has 0 N–H and O–H groups in total. The smallest absolute Gasteiger partial charge is 0.415 e. The molecule has 1 heterocycles. The van der Waals surface area contributed by atoms with Gasteiger partial charge in [-0.15, -0.1) is 0 Å². The van der Waals surface area contributed by atoms with Gasteiger partial charge in [-0.3, -0.25) is 0 Å². The van der Waals surface area contributed by atoms with Crippen molar-refractivity contribution in [2.24, 2.45) is 0 Å². The Morgan fingerprint density at radius 1 is 1.58 bits per heavy atom. The highest BCUT2D eigenvalue weighted by molar-refractivity contribution is 5.32. The van der Waals surface area contributed by atoms with E-state index in [1.807, 2.05) is 0 Å². The van der Waals surface area contributed by atoms with Crippen LogP contribution in [0, 0.1) is 0 Å². The third-order valence-corrected chi connectivity index (χ3v) is 1.35. The van der Waals surface area contributed by atoms with Crippen LogP contribution in [0.1, 0.15) is 0 Å². The Labute approximate surface area is 67.8 Å². The summed E-state index contributed by atoms with van der Waals surface area (Å²) in [4.78, 5) is 0. The van der Waals surface area contributed by atoms with E-state index < -0.39 is 11.7 Å². The second kappa shape index (κ2) is 3.05. The van der Waals surface area contributed by atoms with Gasteiger partial charge in [0.25, 0.3) is 0 Å². The lowest BCUT2D eigenvalue weighted by Gasteiger charge is -2.05. The van der Waals surface area contributed by atoms with Crippen LogP contribution in [0.25, 0.3) is 0 Å². The number of hydrogen-bond donors (Lipinski definition) is 0. The third kappa shape index (κ3) is 2.15. The molecule has 0 saturated carbocycles. The second-order valence-corrected chi connectivity index (χ2v) is 2.36. The average molecular weight is 176 g/mol. The minimum absolute atomic E-state index is 0.190. The maximum Gasteiger partial charge on any atom is 0.415 e. The van der Waals surface area contributed by atoms with Crippen LogP contribution in [0.2, 0.25) is 0 Å². The summed E-state index contributed by atoms with van der Waals surface area (Å²) in [5.74, 6) is 0. The molecule has 0 fully saturated rings. The first kappa shape index (κ1) is 8.90. The largest absolute Gasteiger partial charge is 0.497 e. The fraction of sp³-hybridized carbons (Fsp3) is 0.250. The molecule has 0 unspecified atom stereocenters. The summed E-state index contributed by atoms with van der Waals surface area (Å²) in [6.45, 7) is 3.09. The molecule has 1 aliphatic rings. The molecule has 1 nitrogen and oxygen atoms in total. The molecule has 0 saturated heterocycles. The maximum atomic E-state index is 11.9. The van der Waals surface area contributed by atoms with Crippen molar-refractivity contribution in [2.45, 2.75) is 6.18 Å². The number of alkyl halides is 3. The number of ether oxygens (including phenoxy) is 1. The molecular formula is C8H7F3O. The molecule has 0 spiro atoms. The summed E-state index contributed by atoms with van der Waals surface area (Å²) in [5.41, 5.74) is -0.370. The van der Waals surface area contributed by atoms with Crippen LogP contribution in [-0.4, -0.2) is 12.8 Å². The minimum atomic E-state index is -4.34. The number of rotatable bonds is 1. The van der Waals surface area contributed by atoms with Gasteiger partial charge in [-0.1, -0.05) is 6.58 Å². The van der Waals surface area contributed by atoms with Gasteiger partial charge in [-0.25, -0.2) is 0 Å². The molecule has 0 amide bonds. The molecule has 0 radical (unpaired) electrons. The van der Waals surface area contributed by atoms with Gasteiger partial charge in [-0.05, 0) is 17.7 Å². The lowest BCUT2D eigenvalue weighted by atomic mass is 10.2. The molecule has 12 heavy (non-hydrogen) atoms. The minimum Gasteiger partial charge on any atom is -0.497 e. The van der Waals surface area contributed by atoms with Crippen LogP contribution in [0.4, 0.5) is 13.2 Å². The zero-order valence-electron chi connectivity index (χ0n) is 6.19. The lowest BCUT2D eigenvalue weighted by molar-refractivity contribution is -0.0878. The van der Waals surface area contributed by atoms with Gasteiger partial charge in [0.05, 0.1) is 6.26 Å². The van der Waals surface area contributed by atoms with Gasteiger partial charge < -0.3 is 4.74 Å². The summed E-state index contributed by atoms with van der Waals surface area (Å²) < 4.78 is 40.4. The van der Waals surface area contributed by atoms with Gasteiger partial charge in [0.1, 0.15) is 6.61 Å². The van der Waals surface area contributed by atoms with Crippen molar-refractivity contribution in [3.05, 3.63) is 36.1 Å². The fourth-order valence-electron chi connectivity index (χ4n) is 0.723. The molecule has 4 heteroatoms. The molecule has 0 aromatic rings. The summed E-state index contributed by atoms with van der Waals surface area (Å²) in [7, 11) is 0. The Bertz CT molecular complexity index is 248. The van der Waals surface area contributed by atoms with E-state index in [0.717, 1.165) is 6.08 Å². The highest BCUT2D eigenvalue weighted by Crippen LogP contribution is 2.26. The number of allylic oxidation sites excluding steroid dienone is 2. The van der Waals surface area contributed by atoms with Crippen molar-refractivity contribution in [1.29, 1.82) is 0 Å². The predicted octanol–water partition coefficient (Wildman–Crippen LogP) is 2.58. The zero-order valence-corrected chi connectivity index (χ0v) is 6.19. The van der Waals surface area contributed by atoms with Crippen LogP contribution < -0.4 is 0 Å². The van der Waals surface area contributed by atoms with Gasteiger partial charge in [0, 0.05) is 5.57 Å². The van der Waals surface area contributed by atoms with Gasteiger partial charge in [0.15, 0.2) is 0 Å². The van der Waals surface area contributed by atoms with E-state index in [9.17, 15) is 13.2 Å². The summed E-state index contributed by atoms with van der Waals surface area (Å²) >= 11 is 0. The molecule has 66 valence electrons. The summed E-state index contributed by atoms with van der Waals surface area (Å²) in [5, 5.41) is 0. The van der Waals surface area contributed by atoms with Crippen LogP contribution >= 0.6 is 0 Å². The molecule has 1 rings (SSSR count). The SMILES string of the molecule is C=C(/C=C1/C=COC1)C(F)(F)F. The Morgan fingerprint density at radius 3 is 2.67 bits per heavy atom. The molecule has 0 aliphatic carbocycles. The summed E-state index contributed by atoms with van der Waals surface area (Å²) in [6.07, 6.45) is -0.528. The fourth-order valence-corrected chi connectivity index (χ4v) is 0.723. The summed E-state index contributed by atoms with van der Waals surface area (Å²) in [6, 6.07) is 0. The standard InChI is InChI=1S/C8H7F3O/c1-6(8(9,10)11)4-7-2-3-12-5-7/h2-4H,1,5H2/b7-4-. The topological polar surface area (TPSA) is 9.23 Å². The Morgan fingerprint density at radius 2 is 2.25 bits per heavy atom. The quantitative estimate of drug-likeness (QED) is 0.596. The van der Waals surface area contributed by atoms with Gasteiger partial charge in [0.2, 0.25) is 0 Å². The first-order valence-electron chi connectivity index (χ1n) is 3.25. The Kier molecular flexibility index (Phi) is 2.26. The van der Waals surface area contributed by atoms with Crippen LogP contribution in [-0.2, 0) is 4.74 Å². The van der Waals surface area contributed by atoms with E-state index >= 15 is 0 Å². The highest BCUT2D eigenvalue weighted by Gasteiger charge is 2.30. The molecule has 0 atom stereocenters. The van der Waals surface area contributed by atoms with Crippen molar-refractivity contribution in [2.75, 3.05) is 6.61 Å². The van der Waals surface area contributed by atoms with E-state index in [2.05, 4.69) is 6.58 Å². The van der Waals surface area contributed by atoms with Crippen LogP contribution in [0.3, 0.4) is 0 Å². The Balaban J connectivity index is 2.67. The van der Waals surface area contributed by atoms with E-state index in [4.69, 9.17) is 4.74 Å². The van der Waals surface area contributed by atoms with Crippen molar-refractivity contribution < 1.29 is 17.9 Å². The normalized spacial score (nSPS) is 19.8. The van der Waals surface area contributed by atoms with Crippen molar-refractivity contribution >= 4 is 0 Å². The third-order valence-electron chi connectivity index (χ3n) is 1.35. The number of hydrogen-bond acceptors (Lipinski definition) is 1. The highest BCUT2D eigenvalue weighted by atomic mass is 19.4. The first-order valence-corrected chi connectivity index (χ1v) is 3.25.